The number of anilines is 2. The van der Waals surface area contributed by atoms with Crippen molar-refractivity contribution in [2.24, 2.45) is 0 Å². The Morgan fingerprint density at radius 1 is 0.852 bits per heavy atom. The van der Waals surface area contributed by atoms with Gasteiger partial charge in [-0.3, -0.25) is 0 Å². The first-order valence-electron chi connectivity index (χ1n) is 8.89. The summed E-state index contributed by atoms with van der Waals surface area (Å²) in [5, 5.41) is 15.4. The van der Waals surface area contributed by atoms with Crippen molar-refractivity contribution in [3.05, 3.63) is 72.7 Å². The van der Waals surface area contributed by atoms with E-state index in [4.69, 9.17) is 0 Å². The number of nitrogens with zero attached hydrogens (tertiary/aromatic N) is 4. The van der Waals surface area contributed by atoms with Crippen LogP contribution >= 0.6 is 0 Å². The molecule has 4 aromatic carbocycles. The second-order valence-corrected chi connectivity index (χ2v) is 6.85. The third-order valence-corrected chi connectivity index (χ3v) is 5.17. The van der Waals surface area contributed by atoms with Crippen molar-refractivity contribution in [2.75, 3.05) is 5.32 Å². The van der Waals surface area contributed by atoms with Crippen LogP contribution in [0.25, 0.3) is 38.1 Å². The van der Waals surface area contributed by atoms with Crippen LogP contribution in [0.5, 0.6) is 0 Å². The fraction of sp³-hybridized carbons (Fsp3) is 0.0455. The van der Waals surface area contributed by atoms with Crippen molar-refractivity contribution in [1.82, 2.24) is 19.6 Å². The number of aryl methyl sites for hydroxylation is 1. The summed E-state index contributed by atoms with van der Waals surface area (Å²) >= 11 is 0. The summed E-state index contributed by atoms with van der Waals surface area (Å²) in [6, 6.07) is 21.5. The van der Waals surface area contributed by atoms with Gasteiger partial charge >= 0.3 is 0 Å². The third-order valence-electron chi connectivity index (χ3n) is 5.17. The Kier molecular flexibility index (Phi) is 2.75. The number of hydrogen-bond donors (Lipinski definition) is 1. The topological polar surface area (TPSA) is 55.1 Å². The smallest absolute Gasteiger partial charge is 0.254 e. The molecule has 0 aliphatic rings. The fourth-order valence-electron chi connectivity index (χ4n) is 4.00. The van der Waals surface area contributed by atoms with Crippen LogP contribution < -0.4 is 5.32 Å². The highest BCUT2D eigenvalue weighted by Crippen LogP contribution is 2.38. The Morgan fingerprint density at radius 3 is 2.44 bits per heavy atom. The number of nitrogens with one attached hydrogen (secondary N) is 1. The maximum Gasteiger partial charge on any atom is 0.254 e. The van der Waals surface area contributed by atoms with Crippen LogP contribution in [-0.4, -0.2) is 19.6 Å². The Hall–Kier alpha value is -3.73. The summed E-state index contributed by atoms with van der Waals surface area (Å²) < 4.78 is 1.73. The first-order valence-corrected chi connectivity index (χ1v) is 8.89. The Balaban J connectivity index is 1.64. The van der Waals surface area contributed by atoms with Crippen LogP contribution in [0.15, 0.2) is 67.0 Å². The number of hydrogen-bond acceptors (Lipinski definition) is 4. The molecule has 1 N–H and O–H groups in total. The van der Waals surface area contributed by atoms with E-state index in [2.05, 4.69) is 75.0 Å². The van der Waals surface area contributed by atoms with Gasteiger partial charge in [0.05, 0.1) is 0 Å². The highest BCUT2D eigenvalue weighted by Gasteiger charge is 2.12. The highest BCUT2D eigenvalue weighted by atomic mass is 15.3. The second-order valence-electron chi connectivity index (χ2n) is 6.85. The van der Waals surface area contributed by atoms with E-state index in [1.54, 1.807) is 4.52 Å². The number of aromatic nitrogens is 4. The van der Waals surface area contributed by atoms with Crippen molar-refractivity contribution in [3.8, 4) is 0 Å². The van der Waals surface area contributed by atoms with Gasteiger partial charge in [0.2, 0.25) is 0 Å². The maximum absolute atomic E-state index is 4.42. The zero-order valence-electron chi connectivity index (χ0n) is 14.6. The summed E-state index contributed by atoms with van der Waals surface area (Å²) in [6.45, 7) is 1.96. The normalized spacial score (nSPS) is 11.9. The summed E-state index contributed by atoms with van der Waals surface area (Å²) in [4.78, 5) is 8.63. The minimum absolute atomic E-state index is 0.593. The van der Waals surface area contributed by atoms with Gasteiger partial charge in [0.25, 0.3) is 5.78 Å². The molecule has 0 radical (unpaired) electrons. The molecule has 5 nitrogen and oxygen atoms in total. The molecule has 5 heteroatoms. The van der Waals surface area contributed by atoms with Gasteiger partial charge in [-0.1, -0.05) is 48.5 Å². The van der Waals surface area contributed by atoms with Crippen LogP contribution in [0.3, 0.4) is 0 Å². The lowest BCUT2D eigenvalue weighted by Crippen LogP contribution is -2.03. The van der Waals surface area contributed by atoms with E-state index >= 15 is 0 Å². The summed E-state index contributed by atoms with van der Waals surface area (Å²) in [6.07, 6.45) is 1.52. The molecule has 6 rings (SSSR count). The first-order chi connectivity index (χ1) is 13.3. The van der Waals surface area contributed by atoms with Crippen molar-refractivity contribution in [2.45, 2.75) is 6.92 Å². The molecule has 0 bridgehead atoms. The predicted molar refractivity (Wildman–Crippen MR) is 109 cm³/mol. The van der Waals surface area contributed by atoms with Crippen molar-refractivity contribution >= 4 is 49.6 Å². The van der Waals surface area contributed by atoms with Gasteiger partial charge in [-0.15, -0.1) is 0 Å². The molecule has 0 saturated heterocycles. The monoisotopic (exact) mass is 349 g/mol. The number of benzene rings is 4. The lowest BCUT2D eigenvalue weighted by Gasteiger charge is -2.15. The van der Waals surface area contributed by atoms with Crippen molar-refractivity contribution in [3.63, 3.8) is 0 Å². The molecule has 128 valence electrons. The molecule has 0 saturated carbocycles. The van der Waals surface area contributed by atoms with Crippen LogP contribution in [-0.2, 0) is 0 Å². The molecule has 6 aromatic rings. The van der Waals surface area contributed by atoms with Gasteiger partial charge in [0.15, 0.2) is 0 Å². The molecule has 0 aliphatic carbocycles. The number of rotatable bonds is 2. The SMILES string of the molecule is Cc1cc(Nc2ccc3ccc4cccc5ccc2c3c45)n2ncnc2n1. The molecule has 2 heterocycles. The molecule has 0 amide bonds. The molecular weight excluding hydrogens is 334 g/mol. The highest BCUT2D eigenvalue weighted by molar-refractivity contribution is 6.25. The van der Waals surface area contributed by atoms with Crippen LogP contribution in [0.2, 0.25) is 0 Å². The van der Waals surface area contributed by atoms with Crippen LogP contribution in [0.4, 0.5) is 11.5 Å². The van der Waals surface area contributed by atoms with Gasteiger partial charge < -0.3 is 5.32 Å². The quantitative estimate of drug-likeness (QED) is 0.443. The van der Waals surface area contributed by atoms with Crippen LogP contribution in [0.1, 0.15) is 5.69 Å². The van der Waals surface area contributed by atoms with Crippen molar-refractivity contribution < 1.29 is 0 Å². The molecule has 0 fully saturated rings. The third kappa shape index (κ3) is 2.02. The van der Waals surface area contributed by atoms with E-state index in [0.29, 0.717) is 5.78 Å². The predicted octanol–water partition coefficient (Wildman–Crippen LogP) is 5.07. The fourth-order valence-corrected chi connectivity index (χ4v) is 4.00. The second kappa shape index (κ2) is 5.14. The van der Waals surface area contributed by atoms with E-state index in [1.807, 2.05) is 13.0 Å². The van der Waals surface area contributed by atoms with E-state index in [-0.39, 0.29) is 0 Å². The van der Waals surface area contributed by atoms with Gasteiger partial charge in [0.1, 0.15) is 12.1 Å². The minimum atomic E-state index is 0.593. The first kappa shape index (κ1) is 14.4. The van der Waals surface area contributed by atoms with Gasteiger partial charge in [-0.2, -0.15) is 14.6 Å². The molecule has 27 heavy (non-hydrogen) atoms. The van der Waals surface area contributed by atoms with Gasteiger partial charge in [0, 0.05) is 22.8 Å². The molecule has 0 spiro atoms. The van der Waals surface area contributed by atoms with E-state index < -0.39 is 0 Å². The molecule has 0 aliphatic heterocycles. The van der Waals surface area contributed by atoms with Gasteiger partial charge in [-0.25, -0.2) is 4.98 Å². The average Bonchev–Trinajstić information content (AvgIpc) is 3.16. The Morgan fingerprint density at radius 2 is 1.59 bits per heavy atom. The molecule has 2 aromatic heterocycles. The van der Waals surface area contributed by atoms with Crippen LogP contribution in [0, 0.1) is 6.92 Å². The van der Waals surface area contributed by atoms with E-state index in [9.17, 15) is 0 Å². The zero-order valence-corrected chi connectivity index (χ0v) is 14.6. The van der Waals surface area contributed by atoms with E-state index in [1.165, 1.54) is 38.6 Å². The summed E-state index contributed by atoms with van der Waals surface area (Å²) in [5.41, 5.74) is 1.94. The number of fused-ring (bicyclic) bond motifs is 1. The minimum Gasteiger partial charge on any atom is -0.340 e. The summed E-state index contributed by atoms with van der Waals surface area (Å²) in [7, 11) is 0. The summed E-state index contributed by atoms with van der Waals surface area (Å²) in [5.74, 6) is 1.44. The van der Waals surface area contributed by atoms with E-state index in [0.717, 1.165) is 17.2 Å². The average molecular weight is 349 g/mol. The van der Waals surface area contributed by atoms with Crippen molar-refractivity contribution in [1.29, 1.82) is 0 Å². The Bertz CT molecular complexity index is 1450. The Labute approximate surface area is 154 Å². The lowest BCUT2D eigenvalue weighted by atomic mass is 9.93. The molecule has 0 unspecified atom stereocenters. The lowest BCUT2D eigenvalue weighted by molar-refractivity contribution is 0.937. The zero-order chi connectivity index (χ0) is 18.0. The maximum atomic E-state index is 4.42. The van der Waals surface area contributed by atoms with Gasteiger partial charge in [-0.05, 0) is 39.9 Å². The molecule has 0 atom stereocenters. The molecular formula is C22H15N5. The standard InChI is InChI=1S/C22H15N5/c1-13-11-19(27-22(25-13)23-12-24-27)26-18-10-8-16-6-5-14-3-2-4-15-7-9-17(18)21(16)20(14)15/h2-12,26H,1H3. The largest absolute Gasteiger partial charge is 0.340 e.